The second-order valence-corrected chi connectivity index (χ2v) is 6.76. The van der Waals surface area contributed by atoms with Crippen LogP contribution in [0.15, 0.2) is 46.0 Å². The van der Waals surface area contributed by atoms with Crippen LogP contribution >= 0.6 is 11.3 Å². The molecule has 0 amide bonds. The molecule has 0 saturated carbocycles. The monoisotopic (exact) mass is 296 g/mol. The first kappa shape index (κ1) is 14.2. The maximum atomic E-state index is 11.7. The Hall–Kier alpha value is -1.21. The topological polar surface area (TPSA) is 58.2 Å². The Morgan fingerprint density at radius 3 is 2.63 bits per heavy atom. The van der Waals surface area contributed by atoms with Gasteiger partial charge in [-0.3, -0.25) is 0 Å². The number of sulfonamides is 1. The molecule has 1 aromatic heterocycles. The van der Waals surface area contributed by atoms with E-state index in [0.717, 1.165) is 12.1 Å². The third-order valence-corrected chi connectivity index (χ3v) is 4.86. The molecule has 6 heteroatoms. The molecule has 1 aromatic carbocycles. The van der Waals surface area contributed by atoms with Crippen LogP contribution in [0, 0.1) is 0 Å². The molecule has 102 valence electrons. The summed E-state index contributed by atoms with van der Waals surface area (Å²) in [5.41, 5.74) is 2.19. The fourth-order valence-electron chi connectivity index (χ4n) is 1.68. The SMILES string of the molecule is CNS(=O)(=O)c1cccc(CNCc2ccsc2)c1. The van der Waals surface area contributed by atoms with E-state index in [4.69, 9.17) is 0 Å². The van der Waals surface area contributed by atoms with Gasteiger partial charge in [-0.05, 0) is 47.1 Å². The fraction of sp³-hybridized carbons (Fsp3) is 0.231. The summed E-state index contributed by atoms with van der Waals surface area (Å²) in [4.78, 5) is 0.296. The molecule has 1 heterocycles. The van der Waals surface area contributed by atoms with Gasteiger partial charge in [0.1, 0.15) is 0 Å². The molecule has 19 heavy (non-hydrogen) atoms. The second-order valence-electron chi connectivity index (χ2n) is 4.09. The van der Waals surface area contributed by atoms with E-state index in [2.05, 4.69) is 21.5 Å². The summed E-state index contributed by atoms with van der Waals surface area (Å²) in [5, 5.41) is 7.42. The van der Waals surface area contributed by atoms with Gasteiger partial charge in [0.15, 0.2) is 0 Å². The van der Waals surface area contributed by atoms with Gasteiger partial charge in [-0.2, -0.15) is 11.3 Å². The van der Waals surface area contributed by atoms with Crippen molar-refractivity contribution in [1.29, 1.82) is 0 Å². The van der Waals surface area contributed by atoms with Gasteiger partial charge in [0.05, 0.1) is 4.90 Å². The van der Waals surface area contributed by atoms with Crippen molar-refractivity contribution < 1.29 is 8.42 Å². The standard InChI is InChI=1S/C13H16N2O2S2/c1-14-19(16,17)13-4-2-3-11(7-13)8-15-9-12-5-6-18-10-12/h2-7,10,14-15H,8-9H2,1H3. The number of hydrogen-bond acceptors (Lipinski definition) is 4. The van der Waals surface area contributed by atoms with Crippen molar-refractivity contribution >= 4 is 21.4 Å². The summed E-state index contributed by atoms with van der Waals surface area (Å²) in [6.45, 7) is 1.43. The molecule has 4 nitrogen and oxygen atoms in total. The van der Waals surface area contributed by atoms with Crippen molar-refractivity contribution in [2.75, 3.05) is 7.05 Å². The predicted molar refractivity (Wildman–Crippen MR) is 77.6 cm³/mol. The first-order chi connectivity index (χ1) is 9.12. The average Bonchev–Trinajstić information content (AvgIpc) is 2.92. The minimum absolute atomic E-state index is 0.296. The third kappa shape index (κ3) is 3.87. The molecular weight excluding hydrogens is 280 g/mol. The lowest BCUT2D eigenvalue weighted by Gasteiger charge is -2.07. The van der Waals surface area contributed by atoms with E-state index in [1.165, 1.54) is 12.6 Å². The normalized spacial score (nSPS) is 11.6. The molecular formula is C13H16N2O2S2. The van der Waals surface area contributed by atoms with E-state index >= 15 is 0 Å². The molecule has 0 spiro atoms. The van der Waals surface area contributed by atoms with Crippen LogP contribution in [-0.4, -0.2) is 15.5 Å². The molecule has 0 fully saturated rings. The van der Waals surface area contributed by atoms with Crippen LogP contribution in [0.1, 0.15) is 11.1 Å². The summed E-state index contributed by atoms with van der Waals surface area (Å²) in [5.74, 6) is 0. The lowest BCUT2D eigenvalue weighted by Crippen LogP contribution is -2.19. The van der Waals surface area contributed by atoms with Gasteiger partial charge in [0.2, 0.25) is 10.0 Å². The summed E-state index contributed by atoms with van der Waals surface area (Å²) in [7, 11) is -1.95. The minimum Gasteiger partial charge on any atom is -0.309 e. The molecule has 0 radical (unpaired) electrons. The van der Waals surface area contributed by atoms with Gasteiger partial charge >= 0.3 is 0 Å². The second kappa shape index (κ2) is 6.29. The van der Waals surface area contributed by atoms with Crippen LogP contribution in [0.25, 0.3) is 0 Å². The number of rotatable bonds is 6. The predicted octanol–water partition coefficient (Wildman–Crippen LogP) is 1.95. The highest BCUT2D eigenvalue weighted by molar-refractivity contribution is 7.89. The van der Waals surface area contributed by atoms with Crippen LogP contribution in [0.4, 0.5) is 0 Å². The fourth-order valence-corrected chi connectivity index (χ4v) is 3.15. The summed E-state index contributed by atoms with van der Waals surface area (Å²) in [6, 6.07) is 9.02. The Kier molecular flexibility index (Phi) is 4.71. The van der Waals surface area contributed by atoms with E-state index in [1.54, 1.807) is 29.5 Å². The highest BCUT2D eigenvalue weighted by Gasteiger charge is 2.10. The van der Waals surface area contributed by atoms with Crippen molar-refractivity contribution in [2.24, 2.45) is 0 Å². The van der Waals surface area contributed by atoms with Gasteiger partial charge in [-0.15, -0.1) is 0 Å². The van der Waals surface area contributed by atoms with Crippen molar-refractivity contribution in [2.45, 2.75) is 18.0 Å². The van der Waals surface area contributed by atoms with E-state index in [0.29, 0.717) is 11.4 Å². The van der Waals surface area contributed by atoms with Gasteiger partial charge in [-0.25, -0.2) is 13.1 Å². The molecule has 0 aliphatic carbocycles. The number of thiophene rings is 1. The molecule has 0 aliphatic heterocycles. The Morgan fingerprint density at radius 2 is 1.95 bits per heavy atom. The molecule has 0 bridgehead atoms. The van der Waals surface area contributed by atoms with Gasteiger partial charge in [0, 0.05) is 13.1 Å². The number of nitrogens with one attached hydrogen (secondary N) is 2. The van der Waals surface area contributed by atoms with Crippen LogP contribution in [-0.2, 0) is 23.1 Å². The Bertz CT molecular complexity index is 622. The van der Waals surface area contributed by atoms with E-state index in [9.17, 15) is 8.42 Å². The summed E-state index contributed by atoms with van der Waals surface area (Å²) < 4.78 is 25.7. The first-order valence-corrected chi connectivity index (χ1v) is 8.29. The molecule has 0 saturated heterocycles. The third-order valence-electron chi connectivity index (χ3n) is 2.72. The van der Waals surface area contributed by atoms with Gasteiger partial charge < -0.3 is 5.32 Å². The zero-order valence-electron chi connectivity index (χ0n) is 10.6. The Morgan fingerprint density at radius 1 is 1.16 bits per heavy atom. The van der Waals surface area contributed by atoms with Crippen molar-refractivity contribution in [3.05, 3.63) is 52.2 Å². The molecule has 2 N–H and O–H groups in total. The van der Waals surface area contributed by atoms with Crippen molar-refractivity contribution in [1.82, 2.24) is 10.0 Å². The maximum absolute atomic E-state index is 11.7. The van der Waals surface area contributed by atoms with Crippen LogP contribution < -0.4 is 10.0 Å². The Labute approximate surface area is 117 Å². The van der Waals surface area contributed by atoms with Crippen LogP contribution in [0.5, 0.6) is 0 Å². The van der Waals surface area contributed by atoms with Crippen LogP contribution in [0.3, 0.4) is 0 Å². The van der Waals surface area contributed by atoms with E-state index in [-0.39, 0.29) is 0 Å². The number of benzene rings is 1. The highest BCUT2D eigenvalue weighted by atomic mass is 32.2. The quantitative estimate of drug-likeness (QED) is 0.856. The molecule has 2 aromatic rings. The summed E-state index contributed by atoms with van der Waals surface area (Å²) in [6.07, 6.45) is 0. The van der Waals surface area contributed by atoms with E-state index in [1.807, 2.05) is 11.4 Å². The van der Waals surface area contributed by atoms with Gasteiger partial charge in [-0.1, -0.05) is 12.1 Å². The maximum Gasteiger partial charge on any atom is 0.240 e. The largest absolute Gasteiger partial charge is 0.309 e. The van der Waals surface area contributed by atoms with Gasteiger partial charge in [0.25, 0.3) is 0 Å². The van der Waals surface area contributed by atoms with Crippen molar-refractivity contribution in [3.63, 3.8) is 0 Å². The van der Waals surface area contributed by atoms with E-state index < -0.39 is 10.0 Å². The zero-order chi connectivity index (χ0) is 13.7. The smallest absolute Gasteiger partial charge is 0.240 e. The molecule has 0 aliphatic rings. The van der Waals surface area contributed by atoms with Crippen LogP contribution in [0.2, 0.25) is 0 Å². The summed E-state index contributed by atoms with van der Waals surface area (Å²) >= 11 is 1.67. The number of hydrogen-bond donors (Lipinski definition) is 2. The van der Waals surface area contributed by atoms with Crippen molar-refractivity contribution in [3.8, 4) is 0 Å². The Balaban J connectivity index is 1.99. The minimum atomic E-state index is -3.37. The first-order valence-electron chi connectivity index (χ1n) is 5.86. The lowest BCUT2D eigenvalue weighted by atomic mass is 10.2. The highest BCUT2D eigenvalue weighted by Crippen LogP contribution is 2.11. The zero-order valence-corrected chi connectivity index (χ0v) is 12.2. The average molecular weight is 296 g/mol. The molecule has 0 atom stereocenters. The molecule has 0 unspecified atom stereocenters. The molecule has 2 rings (SSSR count). The lowest BCUT2D eigenvalue weighted by molar-refractivity contribution is 0.588.